The van der Waals surface area contributed by atoms with Gasteiger partial charge in [0.25, 0.3) is 5.91 Å². The Morgan fingerprint density at radius 1 is 1.08 bits per heavy atom. The highest BCUT2D eigenvalue weighted by Gasteiger charge is 2.24. The smallest absolute Gasteiger partial charge is 0.272 e. The SMILES string of the molecule is CC(C)CC(=O)NC(=O)C(Cc1ccccc1)NC(=O)c1cnccn1. The molecule has 2 aromatic rings. The second-order valence-corrected chi connectivity index (χ2v) is 6.32. The van der Waals surface area contributed by atoms with Gasteiger partial charge < -0.3 is 5.32 Å². The van der Waals surface area contributed by atoms with E-state index in [0.717, 1.165) is 5.56 Å². The number of rotatable bonds is 7. The van der Waals surface area contributed by atoms with Gasteiger partial charge in [0.1, 0.15) is 11.7 Å². The predicted molar refractivity (Wildman–Crippen MR) is 96.0 cm³/mol. The molecule has 0 radical (unpaired) electrons. The first-order chi connectivity index (χ1) is 12.5. The van der Waals surface area contributed by atoms with Crippen LogP contribution in [0.1, 0.15) is 36.3 Å². The molecule has 136 valence electrons. The van der Waals surface area contributed by atoms with E-state index in [-0.39, 0.29) is 30.4 Å². The van der Waals surface area contributed by atoms with E-state index in [1.807, 2.05) is 44.2 Å². The van der Waals surface area contributed by atoms with Gasteiger partial charge in [0.05, 0.1) is 6.20 Å². The van der Waals surface area contributed by atoms with E-state index >= 15 is 0 Å². The molecule has 0 aliphatic rings. The highest BCUT2D eigenvalue weighted by Crippen LogP contribution is 2.05. The molecule has 0 saturated carbocycles. The number of carbonyl (C=O) groups is 3. The summed E-state index contributed by atoms with van der Waals surface area (Å²) in [6.45, 7) is 3.78. The zero-order chi connectivity index (χ0) is 18.9. The molecule has 0 aliphatic carbocycles. The number of imide groups is 1. The third-order valence-electron chi connectivity index (χ3n) is 3.56. The van der Waals surface area contributed by atoms with Crippen LogP contribution in [0.3, 0.4) is 0 Å². The highest BCUT2D eigenvalue weighted by molar-refractivity contribution is 6.01. The molecule has 7 heteroatoms. The normalized spacial score (nSPS) is 11.7. The second kappa shape index (κ2) is 9.41. The first-order valence-electron chi connectivity index (χ1n) is 8.40. The van der Waals surface area contributed by atoms with Gasteiger partial charge in [-0.05, 0) is 11.5 Å². The molecule has 1 aromatic carbocycles. The molecule has 2 rings (SSSR count). The minimum atomic E-state index is -0.900. The minimum absolute atomic E-state index is 0.104. The Bertz CT molecular complexity index is 748. The van der Waals surface area contributed by atoms with E-state index in [4.69, 9.17) is 0 Å². The van der Waals surface area contributed by atoms with Gasteiger partial charge in [-0.3, -0.25) is 24.7 Å². The number of nitrogens with one attached hydrogen (secondary N) is 2. The summed E-state index contributed by atoms with van der Waals surface area (Å²) in [6, 6.07) is 8.36. The largest absolute Gasteiger partial charge is 0.338 e. The molecule has 1 atom stereocenters. The summed E-state index contributed by atoms with van der Waals surface area (Å²) in [5.74, 6) is -1.30. The Labute approximate surface area is 152 Å². The molecule has 1 aromatic heterocycles. The number of carbonyl (C=O) groups excluding carboxylic acids is 3. The fraction of sp³-hybridized carbons (Fsp3) is 0.316. The van der Waals surface area contributed by atoms with E-state index in [2.05, 4.69) is 20.6 Å². The molecule has 26 heavy (non-hydrogen) atoms. The first kappa shape index (κ1) is 19.2. The molecule has 3 amide bonds. The van der Waals surface area contributed by atoms with Gasteiger partial charge in [-0.25, -0.2) is 4.98 Å². The molecule has 1 heterocycles. The summed E-state index contributed by atoms with van der Waals surface area (Å²) in [6.07, 6.45) is 4.66. The van der Waals surface area contributed by atoms with Crippen LogP contribution in [-0.2, 0) is 16.0 Å². The van der Waals surface area contributed by atoms with E-state index in [9.17, 15) is 14.4 Å². The summed E-state index contributed by atoms with van der Waals surface area (Å²) in [5.41, 5.74) is 0.968. The van der Waals surface area contributed by atoms with Gasteiger partial charge in [0.2, 0.25) is 11.8 Å². The van der Waals surface area contributed by atoms with Gasteiger partial charge in [0, 0.05) is 25.2 Å². The maximum absolute atomic E-state index is 12.5. The van der Waals surface area contributed by atoms with Crippen LogP contribution >= 0.6 is 0 Å². The van der Waals surface area contributed by atoms with E-state index < -0.39 is 17.9 Å². The maximum atomic E-state index is 12.5. The number of hydrogen-bond acceptors (Lipinski definition) is 5. The molecular weight excluding hydrogens is 332 g/mol. The molecule has 7 nitrogen and oxygen atoms in total. The average Bonchev–Trinajstić information content (AvgIpc) is 2.62. The quantitative estimate of drug-likeness (QED) is 0.785. The van der Waals surface area contributed by atoms with Crippen molar-refractivity contribution in [2.75, 3.05) is 0 Å². The van der Waals surface area contributed by atoms with Gasteiger partial charge in [-0.15, -0.1) is 0 Å². The standard InChI is InChI=1S/C19H22N4O3/c1-13(2)10-17(24)23-18(25)15(11-14-6-4-3-5-7-14)22-19(26)16-12-20-8-9-21-16/h3-9,12-13,15H,10-11H2,1-2H3,(H,22,26)(H,23,24,25). The number of nitrogens with zero attached hydrogens (tertiary/aromatic N) is 2. The predicted octanol–water partition coefficient (Wildman–Crippen LogP) is 1.51. The summed E-state index contributed by atoms with van der Waals surface area (Å²) >= 11 is 0. The van der Waals surface area contributed by atoms with Crippen LogP contribution in [0.25, 0.3) is 0 Å². The number of aromatic nitrogens is 2. The van der Waals surface area contributed by atoms with Gasteiger partial charge in [0.15, 0.2) is 0 Å². The monoisotopic (exact) mass is 354 g/mol. The molecule has 0 bridgehead atoms. The lowest BCUT2D eigenvalue weighted by atomic mass is 10.0. The van der Waals surface area contributed by atoms with Crippen LogP contribution in [0.4, 0.5) is 0 Å². The van der Waals surface area contributed by atoms with E-state index in [1.165, 1.54) is 18.6 Å². The lowest BCUT2D eigenvalue weighted by Crippen LogP contribution is -2.49. The van der Waals surface area contributed by atoms with Crippen molar-refractivity contribution in [1.29, 1.82) is 0 Å². The molecular formula is C19H22N4O3. The maximum Gasteiger partial charge on any atom is 0.272 e. The van der Waals surface area contributed by atoms with E-state index in [0.29, 0.717) is 0 Å². The van der Waals surface area contributed by atoms with Gasteiger partial charge in [-0.2, -0.15) is 0 Å². The lowest BCUT2D eigenvalue weighted by molar-refractivity contribution is -0.131. The minimum Gasteiger partial charge on any atom is -0.338 e. The molecule has 1 unspecified atom stereocenters. The van der Waals surface area contributed by atoms with Crippen molar-refractivity contribution in [3.8, 4) is 0 Å². The van der Waals surface area contributed by atoms with Crippen LogP contribution in [0.2, 0.25) is 0 Å². The van der Waals surface area contributed by atoms with Crippen molar-refractivity contribution < 1.29 is 14.4 Å². The topological polar surface area (TPSA) is 101 Å². The summed E-state index contributed by atoms with van der Waals surface area (Å²) in [4.78, 5) is 44.5. The van der Waals surface area contributed by atoms with Crippen molar-refractivity contribution in [2.24, 2.45) is 5.92 Å². The van der Waals surface area contributed by atoms with Crippen molar-refractivity contribution in [2.45, 2.75) is 32.7 Å². The first-order valence-corrected chi connectivity index (χ1v) is 8.40. The van der Waals surface area contributed by atoms with Crippen LogP contribution in [-0.4, -0.2) is 33.7 Å². The summed E-state index contributed by atoms with van der Waals surface area (Å²) in [7, 11) is 0. The fourth-order valence-electron chi connectivity index (χ4n) is 2.35. The lowest BCUT2D eigenvalue weighted by Gasteiger charge is -2.18. The van der Waals surface area contributed by atoms with Crippen LogP contribution in [0.15, 0.2) is 48.9 Å². The zero-order valence-electron chi connectivity index (χ0n) is 14.8. The second-order valence-electron chi connectivity index (χ2n) is 6.32. The Kier molecular flexibility index (Phi) is 6.96. The van der Waals surface area contributed by atoms with Crippen molar-refractivity contribution in [3.05, 3.63) is 60.2 Å². The fourth-order valence-corrected chi connectivity index (χ4v) is 2.35. The van der Waals surface area contributed by atoms with Crippen LogP contribution < -0.4 is 10.6 Å². The Balaban J connectivity index is 2.11. The molecule has 0 aliphatic heterocycles. The summed E-state index contributed by atoms with van der Waals surface area (Å²) < 4.78 is 0. The Hall–Kier alpha value is -3.09. The van der Waals surface area contributed by atoms with E-state index in [1.54, 1.807) is 0 Å². The number of benzene rings is 1. The van der Waals surface area contributed by atoms with Crippen LogP contribution in [0.5, 0.6) is 0 Å². The average molecular weight is 354 g/mol. The molecule has 0 saturated heterocycles. The number of hydrogen-bond donors (Lipinski definition) is 2. The highest BCUT2D eigenvalue weighted by atomic mass is 16.2. The Morgan fingerprint density at radius 2 is 1.81 bits per heavy atom. The molecule has 2 N–H and O–H groups in total. The molecule has 0 spiro atoms. The van der Waals surface area contributed by atoms with Gasteiger partial charge in [-0.1, -0.05) is 44.2 Å². The zero-order valence-corrected chi connectivity index (χ0v) is 14.8. The van der Waals surface area contributed by atoms with Crippen molar-refractivity contribution in [3.63, 3.8) is 0 Å². The Morgan fingerprint density at radius 3 is 2.42 bits per heavy atom. The molecule has 0 fully saturated rings. The van der Waals surface area contributed by atoms with Crippen LogP contribution in [0, 0.1) is 5.92 Å². The third-order valence-corrected chi connectivity index (χ3v) is 3.56. The number of amides is 3. The van der Waals surface area contributed by atoms with Crippen molar-refractivity contribution in [1.82, 2.24) is 20.6 Å². The van der Waals surface area contributed by atoms with Gasteiger partial charge >= 0.3 is 0 Å². The van der Waals surface area contributed by atoms with Crippen molar-refractivity contribution >= 4 is 17.7 Å². The summed E-state index contributed by atoms with van der Waals surface area (Å²) in [5, 5.41) is 4.99. The third kappa shape index (κ3) is 6.08.